The summed E-state index contributed by atoms with van der Waals surface area (Å²) in [5.41, 5.74) is 7.32. The topological polar surface area (TPSA) is 122 Å². The van der Waals surface area contributed by atoms with Crippen LogP contribution in [0.1, 0.15) is 28.9 Å². The van der Waals surface area contributed by atoms with Gasteiger partial charge in [-0.25, -0.2) is 9.67 Å². The fraction of sp³-hybridized carbons (Fsp3) is 0.273. The number of nitrogens with zero attached hydrogens (tertiary/aromatic N) is 4. The van der Waals surface area contributed by atoms with E-state index in [0.717, 1.165) is 11.3 Å². The normalized spacial score (nSPS) is 11.5. The summed E-state index contributed by atoms with van der Waals surface area (Å²) in [7, 11) is 4.58. The molecule has 0 aliphatic rings. The van der Waals surface area contributed by atoms with Gasteiger partial charge < -0.3 is 24.8 Å². The van der Waals surface area contributed by atoms with Crippen molar-refractivity contribution in [2.75, 3.05) is 27.9 Å². The van der Waals surface area contributed by atoms with Crippen LogP contribution in [-0.2, 0) is 4.79 Å². The van der Waals surface area contributed by atoms with Gasteiger partial charge in [0.05, 0.1) is 25.9 Å². The quantitative estimate of drug-likeness (QED) is 0.541. The molecule has 2 amide bonds. The summed E-state index contributed by atoms with van der Waals surface area (Å²) in [4.78, 5) is 29.8. The van der Waals surface area contributed by atoms with Crippen LogP contribution in [0.25, 0.3) is 5.69 Å². The molecule has 0 aliphatic heterocycles. The molecule has 168 valence electrons. The van der Waals surface area contributed by atoms with Crippen molar-refractivity contribution in [2.45, 2.75) is 13.0 Å². The molecule has 0 spiro atoms. The molecule has 2 N–H and O–H groups in total. The lowest BCUT2D eigenvalue weighted by Gasteiger charge is -2.26. The average Bonchev–Trinajstić information content (AvgIpc) is 3.35. The van der Waals surface area contributed by atoms with Crippen molar-refractivity contribution in [3.05, 3.63) is 60.2 Å². The number of primary amides is 1. The fourth-order valence-electron chi connectivity index (χ4n) is 3.14. The molecule has 0 unspecified atom stereocenters. The van der Waals surface area contributed by atoms with Gasteiger partial charge in [-0.05, 0) is 36.8 Å². The Morgan fingerprint density at radius 3 is 2.25 bits per heavy atom. The van der Waals surface area contributed by atoms with E-state index < -0.39 is 5.91 Å². The molecule has 1 aromatic heterocycles. The summed E-state index contributed by atoms with van der Waals surface area (Å²) in [6, 6.07) is 10.6. The number of hydrogen-bond donors (Lipinski definition) is 1. The SMILES string of the molecule is COc1cc(C(=O)N(C)[C@H](C)c2ccc(-n3cncn3)cc2)cc(OC)c1OCC(N)=O. The number of carbonyl (C=O) groups excluding carboxylic acids is 2. The number of aromatic nitrogens is 3. The highest BCUT2D eigenvalue weighted by Gasteiger charge is 2.23. The Hall–Kier alpha value is -4.08. The first kappa shape index (κ1) is 22.6. The highest BCUT2D eigenvalue weighted by Crippen LogP contribution is 2.39. The smallest absolute Gasteiger partial charge is 0.255 e. The molecule has 32 heavy (non-hydrogen) atoms. The molecule has 0 radical (unpaired) electrons. The largest absolute Gasteiger partial charge is 0.493 e. The van der Waals surface area contributed by atoms with E-state index >= 15 is 0 Å². The van der Waals surface area contributed by atoms with Gasteiger partial charge in [0.15, 0.2) is 18.1 Å². The maximum atomic E-state index is 13.2. The Bertz CT molecular complexity index is 1060. The first-order valence-electron chi connectivity index (χ1n) is 9.75. The van der Waals surface area contributed by atoms with Gasteiger partial charge in [0, 0.05) is 12.6 Å². The van der Waals surface area contributed by atoms with Gasteiger partial charge in [-0.15, -0.1) is 0 Å². The van der Waals surface area contributed by atoms with Gasteiger partial charge in [0.2, 0.25) is 5.75 Å². The van der Waals surface area contributed by atoms with E-state index in [1.54, 1.807) is 23.0 Å². The van der Waals surface area contributed by atoms with Gasteiger partial charge in [0.1, 0.15) is 12.7 Å². The van der Waals surface area contributed by atoms with Crippen molar-refractivity contribution in [1.82, 2.24) is 19.7 Å². The monoisotopic (exact) mass is 439 g/mol. The van der Waals surface area contributed by atoms with Gasteiger partial charge in [-0.3, -0.25) is 9.59 Å². The van der Waals surface area contributed by atoms with E-state index in [-0.39, 0.29) is 35.8 Å². The molecule has 0 bridgehead atoms. The molecule has 10 heteroatoms. The standard InChI is InChI=1S/C22H25N5O5/c1-14(15-5-7-17(8-6-15)27-13-24-12-25-27)26(2)22(29)16-9-18(30-3)21(19(10-16)31-4)32-11-20(23)28/h5-10,12-14H,11H2,1-4H3,(H2,23,28)/t14-/m1/s1. The number of methoxy groups -OCH3 is 2. The molecule has 0 saturated carbocycles. The van der Waals surface area contributed by atoms with Crippen molar-refractivity contribution < 1.29 is 23.8 Å². The van der Waals surface area contributed by atoms with Crippen LogP contribution in [0.5, 0.6) is 17.2 Å². The lowest BCUT2D eigenvalue weighted by Crippen LogP contribution is -2.29. The van der Waals surface area contributed by atoms with Crippen LogP contribution < -0.4 is 19.9 Å². The Labute approximate surface area is 185 Å². The van der Waals surface area contributed by atoms with Crippen molar-refractivity contribution in [3.8, 4) is 22.9 Å². The zero-order valence-corrected chi connectivity index (χ0v) is 18.3. The summed E-state index contributed by atoms with van der Waals surface area (Å²) in [5.74, 6) is -0.169. The Balaban J connectivity index is 1.83. The molecular formula is C22H25N5O5. The number of carbonyl (C=O) groups is 2. The third-order valence-corrected chi connectivity index (χ3v) is 5.03. The molecule has 1 atom stereocenters. The van der Waals surface area contributed by atoms with E-state index in [2.05, 4.69) is 10.1 Å². The van der Waals surface area contributed by atoms with Crippen LogP contribution in [0.4, 0.5) is 0 Å². The van der Waals surface area contributed by atoms with Gasteiger partial charge in [-0.2, -0.15) is 5.10 Å². The predicted octanol–water partition coefficient (Wildman–Crippen LogP) is 1.98. The Morgan fingerprint density at radius 1 is 1.12 bits per heavy atom. The molecule has 0 fully saturated rings. The summed E-state index contributed by atoms with van der Waals surface area (Å²) in [6.45, 7) is 1.59. The molecule has 3 aromatic rings. The maximum Gasteiger partial charge on any atom is 0.255 e. The molecule has 0 aliphatic carbocycles. The van der Waals surface area contributed by atoms with Gasteiger partial charge >= 0.3 is 0 Å². The predicted molar refractivity (Wildman–Crippen MR) is 116 cm³/mol. The summed E-state index contributed by atoms with van der Waals surface area (Å²) in [6.07, 6.45) is 3.08. The van der Waals surface area contributed by atoms with Crippen molar-refractivity contribution in [2.24, 2.45) is 5.73 Å². The van der Waals surface area contributed by atoms with Gasteiger partial charge in [-0.1, -0.05) is 12.1 Å². The fourth-order valence-corrected chi connectivity index (χ4v) is 3.14. The van der Waals surface area contributed by atoms with Crippen molar-refractivity contribution >= 4 is 11.8 Å². The summed E-state index contributed by atoms with van der Waals surface area (Å²) in [5, 5.41) is 4.11. The molecule has 3 rings (SSSR count). The number of amides is 2. The van der Waals surface area contributed by atoms with Crippen molar-refractivity contribution in [1.29, 1.82) is 0 Å². The van der Waals surface area contributed by atoms with E-state index in [0.29, 0.717) is 5.56 Å². The lowest BCUT2D eigenvalue weighted by atomic mass is 10.1. The Morgan fingerprint density at radius 2 is 1.75 bits per heavy atom. The first-order chi connectivity index (χ1) is 15.3. The van der Waals surface area contributed by atoms with E-state index in [1.165, 1.54) is 32.7 Å². The van der Waals surface area contributed by atoms with Crippen LogP contribution in [0, 0.1) is 0 Å². The van der Waals surface area contributed by atoms with E-state index in [4.69, 9.17) is 19.9 Å². The van der Waals surface area contributed by atoms with Crippen LogP contribution >= 0.6 is 0 Å². The molecule has 2 aromatic carbocycles. The number of ether oxygens (including phenoxy) is 3. The minimum absolute atomic E-state index is 0.199. The average molecular weight is 439 g/mol. The van der Waals surface area contributed by atoms with Crippen molar-refractivity contribution in [3.63, 3.8) is 0 Å². The first-order valence-corrected chi connectivity index (χ1v) is 9.75. The number of benzene rings is 2. The van der Waals surface area contributed by atoms with Crippen LogP contribution in [0.3, 0.4) is 0 Å². The Kier molecular flexibility index (Phi) is 6.93. The number of nitrogens with two attached hydrogens (primary N) is 1. The minimum Gasteiger partial charge on any atom is -0.493 e. The second kappa shape index (κ2) is 9.82. The lowest BCUT2D eigenvalue weighted by molar-refractivity contribution is -0.120. The molecular weight excluding hydrogens is 414 g/mol. The van der Waals surface area contributed by atoms with Gasteiger partial charge in [0.25, 0.3) is 11.8 Å². The van der Waals surface area contributed by atoms with Crippen LogP contribution in [0.2, 0.25) is 0 Å². The minimum atomic E-state index is -0.641. The number of rotatable bonds is 9. The van der Waals surface area contributed by atoms with Crippen LogP contribution in [-0.4, -0.2) is 59.4 Å². The van der Waals surface area contributed by atoms with E-state index in [1.807, 2.05) is 31.2 Å². The summed E-state index contributed by atoms with van der Waals surface area (Å²) >= 11 is 0. The second-order valence-corrected chi connectivity index (χ2v) is 6.99. The second-order valence-electron chi connectivity index (χ2n) is 6.99. The molecule has 10 nitrogen and oxygen atoms in total. The van der Waals surface area contributed by atoms with E-state index in [9.17, 15) is 9.59 Å². The zero-order valence-electron chi connectivity index (χ0n) is 18.3. The molecule has 1 heterocycles. The maximum absolute atomic E-state index is 13.2. The highest BCUT2D eigenvalue weighted by atomic mass is 16.5. The zero-order chi connectivity index (χ0) is 23.3. The molecule has 0 saturated heterocycles. The number of hydrogen-bond acceptors (Lipinski definition) is 7. The van der Waals surface area contributed by atoms with Crippen LogP contribution in [0.15, 0.2) is 49.1 Å². The third kappa shape index (κ3) is 4.80. The highest BCUT2D eigenvalue weighted by molar-refractivity contribution is 5.95. The summed E-state index contributed by atoms with van der Waals surface area (Å²) < 4.78 is 17.7. The third-order valence-electron chi connectivity index (χ3n) is 5.03.